The molecule has 16 heavy (non-hydrogen) atoms. The van der Waals surface area contributed by atoms with Crippen LogP contribution in [0.5, 0.6) is 0 Å². The molecule has 0 fully saturated rings. The highest BCUT2D eigenvalue weighted by atomic mass is 16.3. The zero-order valence-corrected chi connectivity index (χ0v) is 9.62. The van der Waals surface area contributed by atoms with Crippen molar-refractivity contribution in [1.29, 1.82) is 0 Å². The number of aromatic nitrogens is 5. The van der Waals surface area contributed by atoms with Gasteiger partial charge < -0.3 is 5.11 Å². The number of nitrogens with zero attached hydrogens (tertiary/aromatic N) is 5. The summed E-state index contributed by atoms with van der Waals surface area (Å²) in [7, 11) is 1.87. The van der Waals surface area contributed by atoms with Gasteiger partial charge in [0.15, 0.2) is 0 Å². The Kier molecular flexibility index (Phi) is 2.51. The Morgan fingerprint density at radius 3 is 2.62 bits per heavy atom. The second kappa shape index (κ2) is 3.71. The minimum atomic E-state index is -0.951. The Bertz CT molecular complexity index is 479. The van der Waals surface area contributed by atoms with Crippen LogP contribution in [0, 0.1) is 0 Å². The third-order valence-electron chi connectivity index (χ3n) is 2.27. The fourth-order valence-corrected chi connectivity index (χ4v) is 1.40. The topological polar surface area (TPSA) is 68.8 Å². The summed E-state index contributed by atoms with van der Waals surface area (Å²) in [5.74, 6) is 0. The predicted octanol–water partition coefficient (Wildman–Crippen LogP) is 0.287. The van der Waals surface area contributed by atoms with E-state index in [4.69, 9.17) is 0 Å². The Balaban J connectivity index is 2.14. The maximum absolute atomic E-state index is 9.74. The van der Waals surface area contributed by atoms with Crippen molar-refractivity contribution in [2.75, 3.05) is 0 Å². The molecule has 2 rings (SSSR count). The molecule has 0 aromatic carbocycles. The maximum Gasteiger partial charge on any atom is 0.114 e. The van der Waals surface area contributed by atoms with Gasteiger partial charge in [0.05, 0.1) is 18.9 Å². The standard InChI is InChI=1S/C10H15N5O/c1-10(2,16)9-7-15(13-12-9)6-8-4-11-14(3)5-8/h4-5,7,16H,6H2,1-3H3. The molecule has 0 amide bonds. The van der Waals surface area contributed by atoms with Gasteiger partial charge in [-0.25, -0.2) is 4.68 Å². The molecule has 86 valence electrons. The van der Waals surface area contributed by atoms with Crippen LogP contribution in [-0.2, 0) is 19.2 Å². The first-order chi connectivity index (χ1) is 7.45. The lowest BCUT2D eigenvalue weighted by Crippen LogP contribution is -2.15. The van der Waals surface area contributed by atoms with Crippen molar-refractivity contribution in [2.45, 2.75) is 26.0 Å². The van der Waals surface area contributed by atoms with Crippen molar-refractivity contribution >= 4 is 0 Å². The zero-order valence-electron chi connectivity index (χ0n) is 9.62. The van der Waals surface area contributed by atoms with E-state index >= 15 is 0 Å². The van der Waals surface area contributed by atoms with Gasteiger partial charge in [-0.1, -0.05) is 5.21 Å². The van der Waals surface area contributed by atoms with Crippen LogP contribution in [0.25, 0.3) is 0 Å². The lowest BCUT2D eigenvalue weighted by molar-refractivity contribution is 0.0737. The van der Waals surface area contributed by atoms with E-state index in [0.29, 0.717) is 12.2 Å². The van der Waals surface area contributed by atoms with E-state index in [-0.39, 0.29) is 0 Å². The second-order valence-electron chi connectivity index (χ2n) is 4.38. The summed E-state index contributed by atoms with van der Waals surface area (Å²) in [6, 6.07) is 0. The van der Waals surface area contributed by atoms with Gasteiger partial charge in [-0.2, -0.15) is 5.10 Å². The average Bonchev–Trinajstić information content (AvgIpc) is 2.74. The first kappa shape index (κ1) is 10.8. The minimum absolute atomic E-state index is 0.566. The van der Waals surface area contributed by atoms with Gasteiger partial charge in [0.1, 0.15) is 11.3 Å². The lowest BCUT2D eigenvalue weighted by atomic mass is 10.1. The van der Waals surface area contributed by atoms with Crippen LogP contribution in [-0.4, -0.2) is 29.9 Å². The minimum Gasteiger partial charge on any atom is -0.384 e. The molecule has 0 saturated heterocycles. The highest BCUT2D eigenvalue weighted by molar-refractivity contribution is 5.07. The number of rotatable bonds is 3. The molecule has 0 unspecified atom stereocenters. The van der Waals surface area contributed by atoms with Gasteiger partial charge >= 0.3 is 0 Å². The van der Waals surface area contributed by atoms with Gasteiger partial charge in [-0.15, -0.1) is 5.10 Å². The van der Waals surface area contributed by atoms with Crippen LogP contribution < -0.4 is 0 Å². The van der Waals surface area contributed by atoms with Gasteiger partial charge in [0, 0.05) is 18.8 Å². The van der Waals surface area contributed by atoms with Gasteiger partial charge in [0.25, 0.3) is 0 Å². The molecule has 0 bridgehead atoms. The maximum atomic E-state index is 9.74. The number of aliphatic hydroxyl groups is 1. The molecule has 6 heteroatoms. The highest BCUT2D eigenvalue weighted by Gasteiger charge is 2.19. The summed E-state index contributed by atoms with van der Waals surface area (Å²) in [6.07, 6.45) is 5.45. The molecule has 6 nitrogen and oxygen atoms in total. The van der Waals surface area contributed by atoms with Crippen LogP contribution in [0.3, 0.4) is 0 Å². The van der Waals surface area contributed by atoms with Crippen LogP contribution in [0.15, 0.2) is 18.6 Å². The molecule has 0 aliphatic rings. The van der Waals surface area contributed by atoms with E-state index in [2.05, 4.69) is 15.4 Å². The smallest absolute Gasteiger partial charge is 0.114 e. The second-order valence-corrected chi connectivity index (χ2v) is 4.38. The fraction of sp³-hybridized carbons (Fsp3) is 0.500. The van der Waals surface area contributed by atoms with Gasteiger partial charge in [-0.3, -0.25) is 4.68 Å². The Morgan fingerprint density at radius 1 is 1.38 bits per heavy atom. The summed E-state index contributed by atoms with van der Waals surface area (Å²) in [6.45, 7) is 3.98. The van der Waals surface area contributed by atoms with Crippen molar-refractivity contribution < 1.29 is 5.11 Å². The van der Waals surface area contributed by atoms with E-state index in [0.717, 1.165) is 5.56 Å². The third-order valence-corrected chi connectivity index (χ3v) is 2.27. The summed E-state index contributed by atoms with van der Waals surface area (Å²) in [5, 5.41) is 21.7. The summed E-state index contributed by atoms with van der Waals surface area (Å²) in [4.78, 5) is 0. The highest BCUT2D eigenvalue weighted by Crippen LogP contribution is 2.15. The molecule has 2 aromatic rings. The lowest BCUT2D eigenvalue weighted by Gasteiger charge is -2.11. The molecule has 0 spiro atoms. The average molecular weight is 221 g/mol. The first-order valence-electron chi connectivity index (χ1n) is 5.05. The fourth-order valence-electron chi connectivity index (χ4n) is 1.40. The van der Waals surface area contributed by atoms with Gasteiger partial charge in [0.2, 0.25) is 0 Å². The van der Waals surface area contributed by atoms with Crippen LogP contribution in [0.4, 0.5) is 0 Å². The quantitative estimate of drug-likeness (QED) is 0.808. The third kappa shape index (κ3) is 2.27. The predicted molar refractivity (Wildman–Crippen MR) is 57.6 cm³/mol. The van der Waals surface area contributed by atoms with Crippen molar-refractivity contribution in [3.63, 3.8) is 0 Å². The number of aryl methyl sites for hydroxylation is 1. The molecular formula is C10H15N5O. The van der Waals surface area contributed by atoms with Crippen LogP contribution >= 0.6 is 0 Å². The molecule has 2 heterocycles. The molecule has 0 aliphatic heterocycles. The van der Waals surface area contributed by atoms with E-state index in [1.54, 1.807) is 35.6 Å². The van der Waals surface area contributed by atoms with Crippen molar-refractivity contribution in [2.24, 2.45) is 7.05 Å². The Hall–Kier alpha value is -1.69. The first-order valence-corrected chi connectivity index (χ1v) is 5.05. The molecule has 0 saturated carbocycles. The normalized spacial score (nSPS) is 12.0. The van der Waals surface area contributed by atoms with Crippen LogP contribution in [0.2, 0.25) is 0 Å². The monoisotopic (exact) mass is 221 g/mol. The van der Waals surface area contributed by atoms with Crippen LogP contribution in [0.1, 0.15) is 25.1 Å². The van der Waals surface area contributed by atoms with Gasteiger partial charge in [-0.05, 0) is 13.8 Å². The van der Waals surface area contributed by atoms with Crippen molar-refractivity contribution in [1.82, 2.24) is 24.8 Å². The van der Waals surface area contributed by atoms with E-state index in [1.807, 2.05) is 13.2 Å². The SMILES string of the molecule is Cn1cc(Cn2cc(C(C)(C)O)nn2)cn1. The van der Waals surface area contributed by atoms with Crippen molar-refractivity contribution in [3.05, 3.63) is 29.8 Å². The molecule has 1 N–H and O–H groups in total. The van der Waals surface area contributed by atoms with Crippen molar-refractivity contribution in [3.8, 4) is 0 Å². The molecular weight excluding hydrogens is 206 g/mol. The largest absolute Gasteiger partial charge is 0.384 e. The van der Waals surface area contributed by atoms with E-state index in [9.17, 15) is 5.11 Å². The summed E-state index contributed by atoms with van der Waals surface area (Å²) < 4.78 is 3.42. The molecule has 0 radical (unpaired) electrons. The zero-order chi connectivity index (χ0) is 11.8. The number of hydrogen-bond acceptors (Lipinski definition) is 4. The van der Waals surface area contributed by atoms with E-state index in [1.165, 1.54) is 0 Å². The molecule has 0 aliphatic carbocycles. The molecule has 2 aromatic heterocycles. The molecule has 0 atom stereocenters. The number of hydrogen-bond donors (Lipinski definition) is 1. The van der Waals surface area contributed by atoms with E-state index < -0.39 is 5.60 Å². The summed E-state index contributed by atoms with van der Waals surface area (Å²) >= 11 is 0. The summed E-state index contributed by atoms with van der Waals surface area (Å²) in [5.41, 5.74) is 0.666. The Labute approximate surface area is 93.5 Å². The Morgan fingerprint density at radius 2 is 2.12 bits per heavy atom.